The van der Waals surface area contributed by atoms with Crippen molar-refractivity contribution in [1.82, 2.24) is 10.6 Å². The molecule has 0 saturated heterocycles. The molecule has 0 aliphatic heterocycles. The maximum Gasteiger partial charge on any atom is 0.0555 e. The standard InChI is InChI=1S/C12H28N2O/c1-2-3-4-5-6-7-8-13-9-10-14-11-12-15/h13-15H,2-12H2,1H3. The maximum absolute atomic E-state index is 8.53. The van der Waals surface area contributed by atoms with Crippen LogP contribution in [0.1, 0.15) is 45.4 Å². The van der Waals surface area contributed by atoms with Gasteiger partial charge in [0.25, 0.3) is 0 Å². The summed E-state index contributed by atoms with van der Waals surface area (Å²) >= 11 is 0. The molecule has 0 unspecified atom stereocenters. The van der Waals surface area contributed by atoms with Crippen LogP contribution in [-0.4, -0.2) is 37.9 Å². The second-order valence-corrected chi connectivity index (χ2v) is 3.99. The van der Waals surface area contributed by atoms with Crippen LogP contribution in [0.3, 0.4) is 0 Å². The molecule has 0 bridgehead atoms. The summed E-state index contributed by atoms with van der Waals surface area (Å²) in [5.41, 5.74) is 0. The number of hydrogen-bond donors (Lipinski definition) is 3. The molecule has 0 atom stereocenters. The molecule has 3 nitrogen and oxygen atoms in total. The lowest BCUT2D eigenvalue weighted by Gasteiger charge is -2.05. The minimum atomic E-state index is 0.234. The molecule has 0 fully saturated rings. The van der Waals surface area contributed by atoms with Crippen LogP contribution in [0, 0.1) is 0 Å². The molecule has 0 radical (unpaired) electrons. The molecular formula is C12H28N2O. The first-order valence-corrected chi connectivity index (χ1v) is 6.44. The van der Waals surface area contributed by atoms with Gasteiger partial charge in [-0.3, -0.25) is 0 Å². The number of aliphatic hydroxyl groups is 1. The molecule has 0 aromatic heterocycles. The first-order chi connectivity index (χ1) is 7.41. The summed E-state index contributed by atoms with van der Waals surface area (Å²) in [7, 11) is 0. The van der Waals surface area contributed by atoms with Crippen molar-refractivity contribution >= 4 is 0 Å². The molecule has 0 spiro atoms. The molecule has 0 aromatic carbocycles. The zero-order valence-corrected chi connectivity index (χ0v) is 10.2. The Labute approximate surface area is 94.6 Å². The average Bonchev–Trinajstić information content (AvgIpc) is 2.26. The number of nitrogens with one attached hydrogen (secondary N) is 2. The third-order valence-electron chi connectivity index (χ3n) is 2.47. The quantitative estimate of drug-likeness (QED) is 0.433. The fourth-order valence-electron chi connectivity index (χ4n) is 1.54. The summed E-state index contributed by atoms with van der Waals surface area (Å²) in [5.74, 6) is 0. The normalized spacial score (nSPS) is 10.8. The van der Waals surface area contributed by atoms with Crippen molar-refractivity contribution in [3.8, 4) is 0 Å². The summed E-state index contributed by atoms with van der Waals surface area (Å²) < 4.78 is 0. The van der Waals surface area contributed by atoms with E-state index in [1.807, 2.05) is 0 Å². The van der Waals surface area contributed by atoms with E-state index >= 15 is 0 Å². The van der Waals surface area contributed by atoms with E-state index in [4.69, 9.17) is 5.11 Å². The van der Waals surface area contributed by atoms with Crippen LogP contribution in [0.4, 0.5) is 0 Å². The van der Waals surface area contributed by atoms with E-state index < -0.39 is 0 Å². The van der Waals surface area contributed by atoms with E-state index in [2.05, 4.69) is 17.6 Å². The van der Waals surface area contributed by atoms with Crippen molar-refractivity contribution in [2.45, 2.75) is 45.4 Å². The molecule has 15 heavy (non-hydrogen) atoms. The lowest BCUT2D eigenvalue weighted by atomic mass is 10.1. The molecule has 0 amide bonds. The maximum atomic E-state index is 8.53. The molecule has 3 heteroatoms. The molecule has 0 aliphatic rings. The lowest BCUT2D eigenvalue weighted by molar-refractivity contribution is 0.292. The summed E-state index contributed by atoms with van der Waals surface area (Å²) in [6.07, 6.45) is 8.15. The summed E-state index contributed by atoms with van der Waals surface area (Å²) in [6.45, 7) is 6.29. The third-order valence-corrected chi connectivity index (χ3v) is 2.47. The Hall–Kier alpha value is -0.120. The zero-order valence-electron chi connectivity index (χ0n) is 10.2. The smallest absolute Gasteiger partial charge is 0.0555 e. The third kappa shape index (κ3) is 13.9. The molecule has 0 heterocycles. The van der Waals surface area contributed by atoms with E-state index in [-0.39, 0.29) is 6.61 Å². The first-order valence-electron chi connectivity index (χ1n) is 6.44. The summed E-state index contributed by atoms with van der Waals surface area (Å²) in [4.78, 5) is 0. The van der Waals surface area contributed by atoms with Crippen LogP contribution in [0.15, 0.2) is 0 Å². The Kier molecular flexibility index (Phi) is 13.8. The second kappa shape index (κ2) is 13.9. The average molecular weight is 216 g/mol. The van der Waals surface area contributed by atoms with Gasteiger partial charge in [-0.1, -0.05) is 39.0 Å². The molecule has 0 aromatic rings. The highest BCUT2D eigenvalue weighted by Gasteiger charge is 1.90. The SMILES string of the molecule is CCCCCCCCNCCNCCO. The van der Waals surface area contributed by atoms with Gasteiger partial charge < -0.3 is 15.7 Å². The van der Waals surface area contributed by atoms with Gasteiger partial charge in [-0.25, -0.2) is 0 Å². The van der Waals surface area contributed by atoms with E-state index in [0.717, 1.165) is 19.6 Å². The van der Waals surface area contributed by atoms with Gasteiger partial charge in [0, 0.05) is 19.6 Å². The Bertz CT molecular complexity index is 97.8. The molecule has 0 saturated carbocycles. The van der Waals surface area contributed by atoms with Gasteiger partial charge in [-0.15, -0.1) is 0 Å². The van der Waals surface area contributed by atoms with Gasteiger partial charge in [0.2, 0.25) is 0 Å². The Morgan fingerprint density at radius 3 is 2.00 bits per heavy atom. The van der Waals surface area contributed by atoms with E-state index in [1.54, 1.807) is 0 Å². The van der Waals surface area contributed by atoms with E-state index in [1.165, 1.54) is 38.5 Å². The van der Waals surface area contributed by atoms with Crippen molar-refractivity contribution in [3.05, 3.63) is 0 Å². The minimum Gasteiger partial charge on any atom is -0.395 e. The van der Waals surface area contributed by atoms with Gasteiger partial charge >= 0.3 is 0 Å². The van der Waals surface area contributed by atoms with E-state index in [0.29, 0.717) is 6.54 Å². The van der Waals surface area contributed by atoms with Gasteiger partial charge in [-0.05, 0) is 13.0 Å². The number of aliphatic hydroxyl groups excluding tert-OH is 1. The highest BCUT2D eigenvalue weighted by atomic mass is 16.3. The predicted octanol–water partition coefficient (Wildman–Crippen LogP) is 1.52. The van der Waals surface area contributed by atoms with Crippen LogP contribution < -0.4 is 10.6 Å². The first kappa shape index (κ1) is 14.9. The van der Waals surface area contributed by atoms with Crippen molar-refractivity contribution in [2.75, 3.05) is 32.8 Å². The number of unbranched alkanes of at least 4 members (excludes halogenated alkanes) is 5. The Morgan fingerprint density at radius 1 is 0.733 bits per heavy atom. The van der Waals surface area contributed by atoms with Crippen molar-refractivity contribution in [3.63, 3.8) is 0 Å². The van der Waals surface area contributed by atoms with Crippen LogP contribution in [-0.2, 0) is 0 Å². The monoisotopic (exact) mass is 216 g/mol. The van der Waals surface area contributed by atoms with Crippen LogP contribution in [0.5, 0.6) is 0 Å². The van der Waals surface area contributed by atoms with Gasteiger partial charge in [0.15, 0.2) is 0 Å². The summed E-state index contributed by atoms with van der Waals surface area (Å²) in [6, 6.07) is 0. The highest BCUT2D eigenvalue weighted by Crippen LogP contribution is 2.03. The predicted molar refractivity (Wildman–Crippen MR) is 66.2 cm³/mol. The van der Waals surface area contributed by atoms with Gasteiger partial charge in [0.1, 0.15) is 0 Å². The van der Waals surface area contributed by atoms with Gasteiger partial charge in [-0.2, -0.15) is 0 Å². The lowest BCUT2D eigenvalue weighted by Crippen LogP contribution is -2.29. The number of hydrogen-bond acceptors (Lipinski definition) is 3. The highest BCUT2D eigenvalue weighted by molar-refractivity contribution is 4.52. The topological polar surface area (TPSA) is 44.3 Å². The second-order valence-electron chi connectivity index (χ2n) is 3.99. The fourth-order valence-corrected chi connectivity index (χ4v) is 1.54. The largest absolute Gasteiger partial charge is 0.395 e. The number of rotatable bonds is 12. The van der Waals surface area contributed by atoms with Crippen LogP contribution in [0.2, 0.25) is 0 Å². The molecule has 92 valence electrons. The zero-order chi connectivity index (χ0) is 11.2. The molecule has 3 N–H and O–H groups in total. The van der Waals surface area contributed by atoms with Crippen LogP contribution in [0.25, 0.3) is 0 Å². The molecule has 0 aliphatic carbocycles. The van der Waals surface area contributed by atoms with Crippen LogP contribution >= 0.6 is 0 Å². The Morgan fingerprint density at radius 2 is 1.33 bits per heavy atom. The van der Waals surface area contributed by atoms with Crippen molar-refractivity contribution < 1.29 is 5.11 Å². The summed E-state index contributed by atoms with van der Waals surface area (Å²) in [5, 5.41) is 15.1. The van der Waals surface area contributed by atoms with Gasteiger partial charge in [0.05, 0.1) is 6.61 Å². The van der Waals surface area contributed by atoms with Crippen molar-refractivity contribution in [1.29, 1.82) is 0 Å². The van der Waals surface area contributed by atoms with Crippen molar-refractivity contribution in [2.24, 2.45) is 0 Å². The molecular weight excluding hydrogens is 188 g/mol. The minimum absolute atomic E-state index is 0.234. The van der Waals surface area contributed by atoms with E-state index in [9.17, 15) is 0 Å². The molecule has 0 rings (SSSR count). The fraction of sp³-hybridized carbons (Fsp3) is 1.00. The Balaban J connectivity index is 2.81.